The first-order valence-corrected chi connectivity index (χ1v) is 9.70. The topological polar surface area (TPSA) is 71.1 Å². The van der Waals surface area contributed by atoms with Gasteiger partial charge in [-0.05, 0) is 49.2 Å². The smallest absolute Gasteiger partial charge is 0.312 e. The molecule has 2 rings (SSSR count). The van der Waals surface area contributed by atoms with Crippen LogP contribution in [0, 0.1) is 11.8 Å². The second-order valence-electron chi connectivity index (χ2n) is 6.87. The third kappa shape index (κ3) is 7.28. The van der Waals surface area contributed by atoms with Crippen molar-refractivity contribution in [1.29, 1.82) is 0 Å². The first-order valence-electron chi connectivity index (χ1n) is 9.70. The lowest BCUT2D eigenvalue weighted by molar-refractivity contribution is -0.149. The summed E-state index contributed by atoms with van der Waals surface area (Å²) in [5, 5.41) is 0. The van der Waals surface area contributed by atoms with Crippen LogP contribution in [0.3, 0.4) is 0 Å². The molecule has 0 saturated heterocycles. The molecule has 0 aliphatic carbocycles. The third-order valence-electron chi connectivity index (χ3n) is 4.51. The van der Waals surface area contributed by atoms with E-state index in [0.29, 0.717) is 0 Å². The summed E-state index contributed by atoms with van der Waals surface area (Å²) in [7, 11) is 3.19. The number of hydrogen-bond donors (Lipinski definition) is 0. The van der Waals surface area contributed by atoms with Crippen molar-refractivity contribution < 1.29 is 28.5 Å². The van der Waals surface area contributed by atoms with E-state index >= 15 is 0 Å². The summed E-state index contributed by atoms with van der Waals surface area (Å²) in [6, 6.07) is 14.6. The molecule has 2 atom stereocenters. The molecule has 0 N–H and O–H groups in total. The molecule has 30 heavy (non-hydrogen) atoms. The van der Waals surface area contributed by atoms with Gasteiger partial charge in [-0.3, -0.25) is 9.59 Å². The average Bonchev–Trinajstić information content (AvgIpc) is 2.79. The van der Waals surface area contributed by atoms with Crippen molar-refractivity contribution in [2.24, 2.45) is 11.8 Å². The molecule has 2 aromatic rings. The highest BCUT2D eigenvalue weighted by Gasteiger charge is 2.15. The predicted molar refractivity (Wildman–Crippen MR) is 113 cm³/mol. The van der Waals surface area contributed by atoms with Gasteiger partial charge in [-0.15, -0.1) is 0 Å². The quantitative estimate of drug-likeness (QED) is 0.428. The third-order valence-corrected chi connectivity index (χ3v) is 4.51. The van der Waals surface area contributed by atoms with E-state index in [2.05, 4.69) is 0 Å². The maximum atomic E-state index is 12.2. The zero-order valence-electron chi connectivity index (χ0n) is 17.8. The number of ether oxygens (including phenoxy) is 4. The molecule has 0 aromatic heterocycles. The summed E-state index contributed by atoms with van der Waals surface area (Å²) >= 11 is 0. The Kier molecular flexibility index (Phi) is 8.94. The molecule has 0 amide bonds. The van der Waals surface area contributed by atoms with Gasteiger partial charge in [0.2, 0.25) is 0 Å². The molecule has 2 aromatic carbocycles. The Balaban J connectivity index is 1.76. The summed E-state index contributed by atoms with van der Waals surface area (Å²) in [4.78, 5) is 24.3. The van der Waals surface area contributed by atoms with Crippen LogP contribution in [0.4, 0.5) is 0 Å². The van der Waals surface area contributed by atoms with E-state index in [9.17, 15) is 9.59 Å². The number of esters is 2. The Bertz CT molecular complexity index is 768. The van der Waals surface area contributed by atoms with Crippen LogP contribution in [0.2, 0.25) is 0 Å². The van der Waals surface area contributed by atoms with Gasteiger partial charge >= 0.3 is 11.9 Å². The molecule has 6 heteroatoms. The number of hydrogen-bond acceptors (Lipinski definition) is 6. The van der Waals surface area contributed by atoms with E-state index in [1.807, 2.05) is 48.5 Å². The van der Waals surface area contributed by atoms with Crippen molar-refractivity contribution in [3.05, 3.63) is 71.8 Å². The minimum Gasteiger partial charge on any atom is -0.497 e. The van der Waals surface area contributed by atoms with Gasteiger partial charge in [0.05, 0.1) is 26.1 Å². The van der Waals surface area contributed by atoms with Crippen molar-refractivity contribution in [2.75, 3.05) is 14.2 Å². The number of benzene rings is 2. The lowest BCUT2D eigenvalue weighted by Gasteiger charge is -2.11. The summed E-state index contributed by atoms with van der Waals surface area (Å²) in [5.74, 6) is -0.176. The Hall–Kier alpha value is -3.28. The van der Waals surface area contributed by atoms with E-state index in [0.717, 1.165) is 22.6 Å². The van der Waals surface area contributed by atoms with Gasteiger partial charge in [0.25, 0.3) is 0 Å². The Morgan fingerprint density at radius 3 is 1.33 bits per heavy atom. The Labute approximate surface area is 177 Å². The van der Waals surface area contributed by atoms with E-state index in [4.69, 9.17) is 18.9 Å². The van der Waals surface area contributed by atoms with E-state index in [-0.39, 0.29) is 25.2 Å². The van der Waals surface area contributed by atoms with Crippen LogP contribution >= 0.6 is 0 Å². The highest BCUT2D eigenvalue weighted by Crippen LogP contribution is 2.15. The molecule has 0 aliphatic heterocycles. The van der Waals surface area contributed by atoms with Crippen LogP contribution in [0.15, 0.2) is 60.7 Å². The molecular formula is C24H28O6. The van der Waals surface area contributed by atoms with Gasteiger partial charge in [-0.1, -0.05) is 36.4 Å². The predicted octanol–water partition coefficient (Wildman–Crippen LogP) is 4.32. The number of carbonyl (C=O) groups excluding carboxylic acids is 2. The molecule has 2 unspecified atom stereocenters. The SMILES string of the molecule is COc1ccc(COC(=O)C(C)/C=C/C(C)C(=O)OCc2ccc(OC)cc2)cc1. The Morgan fingerprint density at radius 2 is 1.03 bits per heavy atom. The number of carbonyl (C=O) groups is 2. The van der Waals surface area contributed by atoms with Gasteiger partial charge in [0.15, 0.2) is 0 Å². The molecule has 0 spiro atoms. The zero-order valence-corrected chi connectivity index (χ0v) is 17.8. The Morgan fingerprint density at radius 1 is 0.700 bits per heavy atom. The molecule has 0 aliphatic rings. The van der Waals surface area contributed by atoms with Crippen molar-refractivity contribution in [1.82, 2.24) is 0 Å². The highest BCUT2D eigenvalue weighted by atomic mass is 16.5. The first kappa shape index (κ1) is 23.0. The molecule has 0 heterocycles. The molecule has 0 saturated carbocycles. The first-order chi connectivity index (χ1) is 14.4. The van der Waals surface area contributed by atoms with Crippen molar-refractivity contribution >= 4 is 11.9 Å². The molecular weight excluding hydrogens is 384 g/mol. The van der Waals surface area contributed by atoms with Crippen molar-refractivity contribution in [2.45, 2.75) is 27.1 Å². The molecule has 160 valence electrons. The zero-order chi connectivity index (χ0) is 21.9. The second-order valence-corrected chi connectivity index (χ2v) is 6.87. The maximum Gasteiger partial charge on any atom is 0.312 e. The summed E-state index contributed by atoms with van der Waals surface area (Å²) in [6.07, 6.45) is 3.32. The lowest BCUT2D eigenvalue weighted by Crippen LogP contribution is -2.15. The van der Waals surface area contributed by atoms with Crippen molar-refractivity contribution in [3.63, 3.8) is 0 Å². The largest absolute Gasteiger partial charge is 0.497 e. The number of methoxy groups -OCH3 is 2. The van der Waals surface area contributed by atoms with Crippen LogP contribution in [0.1, 0.15) is 25.0 Å². The standard InChI is InChI=1S/C24H28O6/c1-17(23(25)29-15-19-7-11-21(27-3)12-8-19)5-6-18(2)24(26)30-16-20-9-13-22(28-4)14-10-20/h5-14,17-18H,15-16H2,1-4H3/b6-5+. The molecule has 0 bridgehead atoms. The number of rotatable bonds is 10. The summed E-state index contributed by atoms with van der Waals surface area (Å²) < 4.78 is 20.8. The summed E-state index contributed by atoms with van der Waals surface area (Å²) in [6.45, 7) is 3.81. The monoisotopic (exact) mass is 412 g/mol. The summed E-state index contributed by atoms with van der Waals surface area (Å²) in [5.41, 5.74) is 1.74. The van der Waals surface area contributed by atoms with Gasteiger partial charge in [0, 0.05) is 0 Å². The second kappa shape index (κ2) is 11.7. The van der Waals surface area contributed by atoms with E-state index in [1.54, 1.807) is 40.2 Å². The van der Waals surface area contributed by atoms with Crippen LogP contribution in [-0.2, 0) is 32.3 Å². The fourth-order valence-corrected chi connectivity index (χ4v) is 2.51. The van der Waals surface area contributed by atoms with Gasteiger partial charge in [-0.2, -0.15) is 0 Å². The fourth-order valence-electron chi connectivity index (χ4n) is 2.51. The average molecular weight is 412 g/mol. The van der Waals surface area contributed by atoms with Gasteiger partial charge in [-0.25, -0.2) is 0 Å². The fraction of sp³-hybridized carbons (Fsp3) is 0.333. The van der Waals surface area contributed by atoms with Gasteiger partial charge in [0.1, 0.15) is 24.7 Å². The van der Waals surface area contributed by atoms with Crippen LogP contribution < -0.4 is 9.47 Å². The molecule has 6 nitrogen and oxygen atoms in total. The van der Waals surface area contributed by atoms with Crippen molar-refractivity contribution in [3.8, 4) is 11.5 Å². The van der Waals surface area contributed by atoms with Crippen LogP contribution in [-0.4, -0.2) is 26.2 Å². The van der Waals surface area contributed by atoms with Gasteiger partial charge < -0.3 is 18.9 Å². The normalized spacial score (nSPS) is 12.8. The van der Waals surface area contributed by atoms with E-state index < -0.39 is 11.8 Å². The van der Waals surface area contributed by atoms with E-state index in [1.165, 1.54) is 0 Å². The minimum atomic E-state index is -0.472. The minimum absolute atomic E-state index is 0.181. The van der Waals surface area contributed by atoms with Crippen LogP contribution in [0.5, 0.6) is 11.5 Å². The maximum absolute atomic E-state index is 12.2. The molecule has 0 radical (unpaired) electrons. The van der Waals surface area contributed by atoms with Crippen LogP contribution in [0.25, 0.3) is 0 Å². The molecule has 0 fully saturated rings. The highest BCUT2D eigenvalue weighted by molar-refractivity contribution is 5.76. The lowest BCUT2D eigenvalue weighted by atomic mass is 10.1.